The lowest BCUT2D eigenvalue weighted by atomic mass is 9.93. The Morgan fingerprint density at radius 1 is 1.12 bits per heavy atom. The van der Waals surface area contributed by atoms with E-state index in [1.165, 1.54) is 22.5 Å². The lowest BCUT2D eigenvalue weighted by molar-refractivity contribution is 0.693. The Bertz CT molecular complexity index is 429. The lowest BCUT2D eigenvalue weighted by Gasteiger charge is -2.36. The number of nitrogens with zero attached hydrogens (tertiary/aromatic N) is 1. The van der Waals surface area contributed by atoms with Crippen molar-refractivity contribution in [3.63, 3.8) is 0 Å². The zero-order valence-electron chi connectivity index (χ0n) is 11.5. The number of anilines is 1. The summed E-state index contributed by atoms with van der Waals surface area (Å²) in [4.78, 5) is 2.38. The van der Waals surface area contributed by atoms with Crippen LogP contribution < -0.4 is 4.90 Å². The third-order valence-corrected chi connectivity index (χ3v) is 3.57. The quantitative estimate of drug-likeness (QED) is 0.722. The fraction of sp³-hybridized carbons (Fsp3) is 0.500. The first kappa shape index (κ1) is 12.2. The predicted octanol–water partition coefficient (Wildman–Crippen LogP) is 4.48. The normalized spacial score (nSPS) is 15.6. The smallest absolute Gasteiger partial charge is 0.0443 e. The van der Waals surface area contributed by atoms with Crippen molar-refractivity contribution < 1.29 is 0 Å². The maximum absolute atomic E-state index is 4.20. The van der Waals surface area contributed by atoms with Crippen LogP contribution in [0, 0.1) is 0 Å². The molecule has 1 heteroatoms. The van der Waals surface area contributed by atoms with Crippen LogP contribution in [0.2, 0.25) is 0 Å². The molecule has 0 fully saturated rings. The van der Waals surface area contributed by atoms with E-state index in [0.29, 0.717) is 12.0 Å². The molecular formula is C16H23N. The molecule has 1 heterocycles. The zero-order valence-corrected chi connectivity index (χ0v) is 11.5. The molecule has 0 radical (unpaired) electrons. The molecule has 1 aromatic carbocycles. The SMILES string of the molecule is C=C1CCc2cc(C(C)C)ccc2N1C(C)C. The highest BCUT2D eigenvalue weighted by molar-refractivity contribution is 5.62. The molecule has 0 bridgehead atoms. The first-order valence-corrected chi connectivity index (χ1v) is 6.60. The van der Waals surface area contributed by atoms with Crippen LogP contribution in [0.15, 0.2) is 30.5 Å². The minimum Gasteiger partial charge on any atom is -0.343 e. The zero-order chi connectivity index (χ0) is 12.6. The van der Waals surface area contributed by atoms with Gasteiger partial charge in [0.05, 0.1) is 0 Å². The van der Waals surface area contributed by atoms with E-state index in [4.69, 9.17) is 0 Å². The predicted molar refractivity (Wildman–Crippen MR) is 75.6 cm³/mol. The highest BCUT2D eigenvalue weighted by atomic mass is 15.2. The summed E-state index contributed by atoms with van der Waals surface area (Å²) in [5.74, 6) is 0.609. The van der Waals surface area contributed by atoms with Gasteiger partial charge in [-0.2, -0.15) is 0 Å². The van der Waals surface area contributed by atoms with E-state index in [1.807, 2.05) is 0 Å². The van der Waals surface area contributed by atoms with Crippen LogP contribution in [0.5, 0.6) is 0 Å². The number of fused-ring (bicyclic) bond motifs is 1. The number of benzene rings is 1. The molecule has 0 unspecified atom stereocenters. The van der Waals surface area contributed by atoms with Crippen molar-refractivity contribution in [3.05, 3.63) is 41.6 Å². The Morgan fingerprint density at radius 3 is 2.41 bits per heavy atom. The maximum atomic E-state index is 4.20. The summed E-state index contributed by atoms with van der Waals surface area (Å²) in [6, 6.07) is 7.40. The molecule has 1 aliphatic rings. The molecule has 92 valence electrons. The van der Waals surface area contributed by atoms with Crippen LogP contribution in [0.4, 0.5) is 5.69 Å². The standard InChI is InChI=1S/C16H23N/c1-11(2)14-8-9-16-15(10-14)7-6-13(5)17(16)12(3)4/h8-12H,5-7H2,1-4H3. The van der Waals surface area contributed by atoms with Gasteiger partial charge in [0.1, 0.15) is 0 Å². The molecule has 1 aliphatic heterocycles. The van der Waals surface area contributed by atoms with Gasteiger partial charge >= 0.3 is 0 Å². The molecule has 2 rings (SSSR count). The highest BCUT2D eigenvalue weighted by Crippen LogP contribution is 2.35. The van der Waals surface area contributed by atoms with Crippen LogP contribution in [0.25, 0.3) is 0 Å². The molecule has 0 amide bonds. The molecule has 0 N–H and O–H groups in total. The average molecular weight is 229 g/mol. The van der Waals surface area contributed by atoms with Crippen LogP contribution >= 0.6 is 0 Å². The van der Waals surface area contributed by atoms with Crippen LogP contribution in [0.3, 0.4) is 0 Å². The molecule has 0 saturated carbocycles. The summed E-state index contributed by atoms with van der Waals surface area (Å²) in [6.45, 7) is 13.2. The lowest BCUT2D eigenvalue weighted by Crippen LogP contribution is -2.33. The minimum absolute atomic E-state index is 0.492. The van der Waals surface area contributed by atoms with Crippen LogP contribution in [0.1, 0.15) is 51.2 Å². The van der Waals surface area contributed by atoms with Crippen molar-refractivity contribution in [1.29, 1.82) is 0 Å². The minimum atomic E-state index is 0.492. The van der Waals surface area contributed by atoms with Crippen molar-refractivity contribution in [2.24, 2.45) is 0 Å². The molecule has 0 aliphatic carbocycles. The average Bonchev–Trinajstić information content (AvgIpc) is 2.27. The van der Waals surface area contributed by atoms with Gasteiger partial charge in [-0.15, -0.1) is 0 Å². The van der Waals surface area contributed by atoms with Gasteiger partial charge in [-0.3, -0.25) is 0 Å². The van der Waals surface area contributed by atoms with Crippen molar-refractivity contribution >= 4 is 5.69 Å². The van der Waals surface area contributed by atoms with Gasteiger partial charge in [-0.25, -0.2) is 0 Å². The molecule has 0 atom stereocenters. The van der Waals surface area contributed by atoms with Gasteiger partial charge in [0.25, 0.3) is 0 Å². The Balaban J connectivity index is 2.44. The van der Waals surface area contributed by atoms with E-state index >= 15 is 0 Å². The summed E-state index contributed by atoms with van der Waals surface area (Å²) in [5, 5.41) is 0. The molecule has 1 nitrogen and oxygen atoms in total. The van der Waals surface area contributed by atoms with E-state index in [-0.39, 0.29) is 0 Å². The number of hydrogen-bond donors (Lipinski definition) is 0. The Morgan fingerprint density at radius 2 is 1.82 bits per heavy atom. The maximum Gasteiger partial charge on any atom is 0.0443 e. The van der Waals surface area contributed by atoms with Crippen molar-refractivity contribution in [2.75, 3.05) is 4.90 Å². The Labute approximate surface area is 105 Å². The summed E-state index contributed by atoms with van der Waals surface area (Å²) in [7, 11) is 0. The number of rotatable bonds is 2. The molecule has 0 saturated heterocycles. The Kier molecular flexibility index (Phi) is 3.28. The van der Waals surface area contributed by atoms with Crippen molar-refractivity contribution in [2.45, 2.75) is 52.5 Å². The van der Waals surface area contributed by atoms with E-state index in [2.05, 4.69) is 57.4 Å². The second-order valence-corrected chi connectivity index (χ2v) is 5.57. The topological polar surface area (TPSA) is 3.24 Å². The largest absolute Gasteiger partial charge is 0.343 e. The summed E-state index contributed by atoms with van der Waals surface area (Å²) in [6.07, 6.45) is 2.23. The fourth-order valence-electron chi connectivity index (χ4n) is 2.61. The van der Waals surface area contributed by atoms with Gasteiger partial charge in [-0.05, 0) is 49.8 Å². The number of hydrogen-bond acceptors (Lipinski definition) is 1. The van der Waals surface area contributed by atoms with Gasteiger partial charge in [0.15, 0.2) is 0 Å². The van der Waals surface area contributed by atoms with Crippen molar-refractivity contribution in [1.82, 2.24) is 0 Å². The molecule has 0 spiro atoms. The third kappa shape index (κ3) is 2.24. The molecule has 17 heavy (non-hydrogen) atoms. The highest BCUT2D eigenvalue weighted by Gasteiger charge is 2.22. The summed E-state index contributed by atoms with van der Waals surface area (Å²) in [5.41, 5.74) is 5.54. The van der Waals surface area contributed by atoms with Gasteiger partial charge in [-0.1, -0.05) is 32.6 Å². The van der Waals surface area contributed by atoms with Gasteiger partial charge < -0.3 is 4.90 Å². The Hall–Kier alpha value is -1.24. The molecule has 0 aromatic heterocycles. The summed E-state index contributed by atoms with van der Waals surface area (Å²) >= 11 is 0. The van der Waals surface area contributed by atoms with E-state index < -0.39 is 0 Å². The first-order valence-electron chi connectivity index (χ1n) is 6.60. The van der Waals surface area contributed by atoms with Gasteiger partial charge in [0.2, 0.25) is 0 Å². The third-order valence-electron chi connectivity index (χ3n) is 3.57. The van der Waals surface area contributed by atoms with Crippen molar-refractivity contribution in [3.8, 4) is 0 Å². The molecular weight excluding hydrogens is 206 g/mol. The fourth-order valence-corrected chi connectivity index (χ4v) is 2.61. The second kappa shape index (κ2) is 4.56. The van der Waals surface area contributed by atoms with E-state index in [9.17, 15) is 0 Å². The number of allylic oxidation sites excluding steroid dienone is 1. The van der Waals surface area contributed by atoms with Crippen LogP contribution in [-0.4, -0.2) is 6.04 Å². The second-order valence-electron chi connectivity index (χ2n) is 5.57. The molecule has 1 aromatic rings. The van der Waals surface area contributed by atoms with Gasteiger partial charge in [0, 0.05) is 17.4 Å². The first-order chi connectivity index (χ1) is 8.00. The summed E-state index contributed by atoms with van der Waals surface area (Å²) < 4.78 is 0. The van der Waals surface area contributed by atoms with E-state index in [1.54, 1.807) is 0 Å². The van der Waals surface area contributed by atoms with Crippen LogP contribution in [-0.2, 0) is 6.42 Å². The van der Waals surface area contributed by atoms with E-state index in [0.717, 1.165) is 12.8 Å². The monoisotopic (exact) mass is 229 g/mol. The number of aryl methyl sites for hydroxylation is 1.